The number of rotatable bonds is 4. The van der Waals surface area contributed by atoms with Gasteiger partial charge in [0.2, 0.25) is 0 Å². The summed E-state index contributed by atoms with van der Waals surface area (Å²) in [6.07, 6.45) is 10.0. The highest BCUT2D eigenvalue weighted by Crippen LogP contribution is 2.47. The van der Waals surface area contributed by atoms with Crippen molar-refractivity contribution in [1.82, 2.24) is 9.38 Å². The van der Waals surface area contributed by atoms with E-state index in [-0.39, 0.29) is 0 Å². The average molecular weight is 381 g/mol. The van der Waals surface area contributed by atoms with E-state index in [9.17, 15) is 5.11 Å². The van der Waals surface area contributed by atoms with Crippen molar-refractivity contribution < 1.29 is 5.11 Å². The van der Waals surface area contributed by atoms with Gasteiger partial charge in [0.1, 0.15) is 0 Å². The summed E-state index contributed by atoms with van der Waals surface area (Å²) in [6.45, 7) is 0. The third kappa shape index (κ3) is 3.17. The molecule has 3 aromatic rings. The Kier molecular flexibility index (Phi) is 4.45. The first-order valence-electron chi connectivity index (χ1n) is 10.1. The summed E-state index contributed by atoms with van der Waals surface area (Å²) in [5, 5.41) is 12.2. The molecule has 2 aliphatic rings. The zero-order chi connectivity index (χ0) is 18.4. The van der Waals surface area contributed by atoms with Crippen molar-refractivity contribution in [2.45, 2.75) is 56.5 Å². The normalized spacial score (nSPS) is 24.2. The maximum Gasteiger partial charge on any atom is 0.0995 e. The van der Waals surface area contributed by atoms with Crippen molar-refractivity contribution in [2.24, 2.45) is 5.92 Å². The average Bonchev–Trinajstić information content (AvgIpc) is 3.44. The fraction of sp³-hybridized carbons (Fsp3) is 0.435. The minimum atomic E-state index is -0.425. The standard InChI is InChI=1S/C23H25ClN2O/c24-21-4-2-1-3-19(21)15-7-9-17(10-8-15)23(27)22-20(16-5-6-16)12-11-18-13-25-14-26(18)22/h1-4,11-17,23,27H,5-10H2/t15?,17?,23-/m1/s1. The Hall–Kier alpha value is -1.84. The predicted octanol–water partition coefficient (Wildman–Crippen LogP) is 5.87. The summed E-state index contributed by atoms with van der Waals surface area (Å²) < 4.78 is 2.11. The lowest BCUT2D eigenvalue weighted by molar-refractivity contribution is 0.0754. The van der Waals surface area contributed by atoms with Gasteiger partial charge >= 0.3 is 0 Å². The van der Waals surface area contributed by atoms with Crippen LogP contribution in [0.5, 0.6) is 0 Å². The van der Waals surface area contributed by atoms with Crippen molar-refractivity contribution in [1.29, 1.82) is 0 Å². The first-order valence-corrected chi connectivity index (χ1v) is 10.5. The fourth-order valence-corrected chi connectivity index (χ4v) is 5.15. The number of benzene rings is 1. The Morgan fingerprint density at radius 2 is 1.63 bits per heavy atom. The first-order chi connectivity index (χ1) is 13.2. The van der Waals surface area contributed by atoms with Crippen LogP contribution in [0, 0.1) is 5.92 Å². The van der Waals surface area contributed by atoms with E-state index in [4.69, 9.17) is 11.6 Å². The van der Waals surface area contributed by atoms with Gasteiger partial charge in [-0.05, 0) is 79.5 Å². The van der Waals surface area contributed by atoms with Gasteiger partial charge in [0.05, 0.1) is 29.8 Å². The monoisotopic (exact) mass is 380 g/mol. The second-order valence-electron chi connectivity index (χ2n) is 8.21. The molecule has 27 heavy (non-hydrogen) atoms. The highest BCUT2D eigenvalue weighted by atomic mass is 35.5. The molecule has 1 aromatic carbocycles. The van der Waals surface area contributed by atoms with Gasteiger partial charge in [-0.1, -0.05) is 35.9 Å². The molecule has 0 radical (unpaired) electrons. The molecule has 0 bridgehead atoms. The molecule has 3 nitrogen and oxygen atoms in total. The van der Waals surface area contributed by atoms with Gasteiger partial charge in [-0.2, -0.15) is 0 Å². The highest BCUT2D eigenvalue weighted by molar-refractivity contribution is 6.31. The topological polar surface area (TPSA) is 37.5 Å². The summed E-state index contributed by atoms with van der Waals surface area (Å²) in [6, 6.07) is 12.5. The van der Waals surface area contributed by atoms with Gasteiger partial charge in [0.25, 0.3) is 0 Å². The van der Waals surface area contributed by atoms with E-state index >= 15 is 0 Å². The summed E-state index contributed by atoms with van der Waals surface area (Å²) in [5.74, 6) is 1.42. The fourth-order valence-electron chi connectivity index (χ4n) is 4.86. The molecule has 2 saturated carbocycles. The Morgan fingerprint density at radius 1 is 0.926 bits per heavy atom. The van der Waals surface area contributed by atoms with Crippen LogP contribution in [0.4, 0.5) is 0 Å². The van der Waals surface area contributed by atoms with Gasteiger partial charge in [-0.3, -0.25) is 0 Å². The van der Waals surface area contributed by atoms with Crippen molar-refractivity contribution in [2.75, 3.05) is 0 Å². The predicted molar refractivity (Wildman–Crippen MR) is 108 cm³/mol. The molecule has 0 spiro atoms. The first kappa shape index (κ1) is 17.3. The maximum absolute atomic E-state index is 11.4. The molecule has 5 rings (SSSR count). The van der Waals surface area contributed by atoms with E-state index in [1.165, 1.54) is 24.0 Å². The lowest BCUT2D eigenvalue weighted by Crippen LogP contribution is -2.22. The van der Waals surface area contributed by atoms with Crippen molar-refractivity contribution in [3.8, 4) is 0 Å². The Bertz CT molecular complexity index is 954. The van der Waals surface area contributed by atoms with Crippen LogP contribution in [0.1, 0.15) is 73.3 Å². The molecule has 0 amide bonds. The van der Waals surface area contributed by atoms with Crippen LogP contribution in [0.25, 0.3) is 5.52 Å². The molecule has 1 atom stereocenters. The zero-order valence-corrected chi connectivity index (χ0v) is 16.1. The van der Waals surface area contributed by atoms with Gasteiger partial charge in [0.15, 0.2) is 0 Å². The van der Waals surface area contributed by atoms with Gasteiger partial charge in [0, 0.05) is 5.02 Å². The van der Waals surface area contributed by atoms with Crippen LogP contribution in [-0.4, -0.2) is 14.5 Å². The number of fused-ring (bicyclic) bond motifs is 1. The van der Waals surface area contributed by atoms with Crippen LogP contribution in [0.3, 0.4) is 0 Å². The minimum absolute atomic E-state index is 0.300. The summed E-state index contributed by atoms with van der Waals surface area (Å²) in [5.41, 5.74) is 4.73. The number of halogens is 1. The van der Waals surface area contributed by atoms with E-state index in [1.807, 2.05) is 24.7 Å². The molecule has 2 aromatic heterocycles. The third-order valence-electron chi connectivity index (χ3n) is 6.52. The summed E-state index contributed by atoms with van der Waals surface area (Å²) in [4.78, 5) is 4.31. The van der Waals surface area contributed by atoms with Gasteiger partial charge in [-0.25, -0.2) is 4.98 Å². The maximum atomic E-state index is 11.4. The zero-order valence-electron chi connectivity index (χ0n) is 15.4. The number of nitrogens with zero attached hydrogens (tertiary/aromatic N) is 2. The third-order valence-corrected chi connectivity index (χ3v) is 6.86. The van der Waals surface area contributed by atoms with E-state index in [1.54, 1.807) is 0 Å². The van der Waals surface area contributed by atoms with E-state index in [0.717, 1.165) is 41.9 Å². The minimum Gasteiger partial charge on any atom is -0.387 e. The van der Waals surface area contributed by atoms with Crippen LogP contribution >= 0.6 is 11.6 Å². The number of hydrogen-bond acceptors (Lipinski definition) is 2. The molecular weight excluding hydrogens is 356 g/mol. The van der Waals surface area contributed by atoms with Crippen LogP contribution in [-0.2, 0) is 0 Å². The number of aromatic nitrogens is 2. The molecule has 4 heteroatoms. The second kappa shape index (κ2) is 6.96. The van der Waals surface area contributed by atoms with Crippen molar-refractivity contribution >= 4 is 17.1 Å². The molecule has 0 saturated heterocycles. The molecule has 0 aliphatic heterocycles. The lowest BCUT2D eigenvalue weighted by atomic mass is 9.75. The van der Waals surface area contributed by atoms with E-state index in [0.29, 0.717) is 17.8 Å². The van der Waals surface area contributed by atoms with Crippen molar-refractivity contribution in [3.63, 3.8) is 0 Å². The molecule has 0 unspecified atom stereocenters. The number of hydrogen-bond donors (Lipinski definition) is 1. The second-order valence-corrected chi connectivity index (χ2v) is 8.62. The SMILES string of the molecule is O[C@@H](c1c(C2CC2)ccc2cncn12)C1CCC(c2ccccc2Cl)CC1. The van der Waals surface area contributed by atoms with E-state index < -0.39 is 6.10 Å². The van der Waals surface area contributed by atoms with Gasteiger partial charge < -0.3 is 9.51 Å². The van der Waals surface area contributed by atoms with E-state index in [2.05, 4.69) is 33.7 Å². The molecule has 2 heterocycles. The van der Waals surface area contributed by atoms with Crippen LogP contribution < -0.4 is 0 Å². The number of aliphatic hydroxyl groups excluding tert-OH is 1. The van der Waals surface area contributed by atoms with Crippen molar-refractivity contribution in [3.05, 3.63) is 70.8 Å². The molecule has 2 fully saturated rings. The molecule has 1 N–H and O–H groups in total. The quantitative estimate of drug-likeness (QED) is 0.614. The number of pyridine rings is 1. The molecule has 2 aliphatic carbocycles. The largest absolute Gasteiger partial charge is 0.387 e. The Labute approximate surface area is 165 Å². The van der Waals surface area contributed by atoms with Crippen LogP contribution in [0.2, 0.25) is 5.02 Å². The molecule has 140 valence electrons. The summed E-state index contributed by atoms with van der Waals surface area (Å²) >= 11 is 6.41. The van der Waals surface area contributed by atoms with Gasteiger partial charge in [-0.15, -0.1) is 0 Å². The number of aliphatic hydroxyl groups is 1. The number of imidazole rings is 1. The summed E-state index contributed by atoms with van der Waals surface area (Å²) in [7, 11) is 0. The van der Waals surface area contributed by atoms with Crippen LogP contribution in [0.15, 0.2) is 48.9 Å². The smallest absolute Gasteiger partial charge is 0.0995 e. The Balaban J connectivity index is 1.39. The highest BCUT2D eigenvalue weighted by Gasteiger charge is 2.34. The molecular formula is C23H25ClN2O. The Morgan fingerprint density at radius 3 is 2.37 bits per heavy atom. The lowest BCUT2D eigenvalue weighted by Gasteiger charge is -2.33.